The summed E-state index contributed by atoms with van der Waals surface area (Å²) in [4.78, 5) is 30.7. The van der Waals surface area contributed by atoms with Crippen LogP contribution in [0.3, 0.4) is 0 Å². The molecule has 0 bridgehead atoms. The van der Waals surface area contributed by atoms with Crippen molar-refractivity contribution in [3.63, 3.8) is 0 Å². The highest BCUT2D eigenvalue weighted by molar-refractivity contribution is 8.13. The van der Waals surface area contributed by atoms with Crippen LogP contribution in [0.1, 0.15) is 30.1 Å². The van der Waals surface area contributed by atoms with Crippen LogP contribution < -0.4 is 9.64 Å². The van der Waals surface area contributed by atoms with Gasteiger partial charge in [-0.25, -0.2) is 0 Å². The molecule has 0 saturated carbocycles. The van der Waals surface area contributed by atoms with Gasteiger partial charge in [-0.2, -0.15) is 4.98 Å². The molecule has 2 aromatic rings. The Morgan fingerprint density at radius 1 is 1.17 bits per heavy atom. The number of ether oxygens (including phenoxy) is 1. The number of Topliss-reactive ketones (excluding diaryl/α,β-unsaturated/α-hetero) is 1. The SMILES string of the molecule is CCCC(=O)c1ccc(SC(=O)N(C)c2cccc(OC)n2)cc1. The maximum absolute atomic E-state index is 12.4. The highest BCUT2D eigenvalue weighted by Crippen LogP contribution is 2.25. The Balaban J connectivity index is 2.04. The Kier molecular flexibility index (Phi) is 6.37. The van der Waals surface area contributed by atoms with Crippen LogP contribution in [0.2, 0.25) is 0 Å². The van der Waals surface area contributed by atoms with Crippen molar-refractivity contribution in [2.24, 2.45) is 0 Å². The third-order valence-corrected chi connectivity index (χ3v) is 4.35. The van der Waals surface area contributed by atoms with E-state index in [0.29, 0.717) is 23.7 Å². The van der Waals surface area contributed by atoms with Gasteiger partial charge in [-0.3, -0.25) is 14.5 Å². The van der Waals surface area contributed by atoms with Crippen LogP contribution in [0, 0.1) is 0 Å². The van der Waals surface area contributed by atoms with Crippen molar-refractivity contribution in [2.75, 3.05) is 19.1 Å². The van der Waals surface area contributed by atoms with Crippen LogP contribution in [0.15, 0.2) is 47.4 Å². The first-order valence-electron chi connectivity index (χ1n) is 7.65. The quantitative estimate of drug-likeness (QED) is 0.573. The number of rotatable bonds is 6. The number of carbonyl (C=O) groups is 2. The van der Waals surface area contributed by atoms with E-state index in [1.807, 2.05) is 6.92 Å². The van der Waals surface area contributed by atoms with Gasteiger partial charge >= 0.3 is 0 Å². The van der Waals surface area contributed by atoms with Crippen LogP contribution in [-0.2, 0) is 0 Å². The second kappa shape index (κ2) is 8.49. The molecule has 0 aliphatic heterocycles. The van der Waals surface area contributed by atoms with Crippen molar-refractivity contribution in [1.29, 1.82) is 0 Å². The number of amides is 1. The van der Waals surface area contributed by atoms with Gasteiger partial charge in [0.25, 0.3) is 5.24 Å². The van der Waals surface area contributed by atoms with Crippen LogP contribution in [0.25, 0.3) is 0 Å². The van der Waals surface area contributed by atoms with Crippen LogP contribution in [-0.4, -0.2) is 30.2 Å². The largest absolute Gasteiger partial charge is 0.481 e. The van der Waals surface area contributed by atoms with Gasteiger partial charge in [0.05, 0.1) is 7.11 Å². The minimum absolute atomic E-state index is 0.123. The number of ketones is 1. The summed E-state index contributed by atoms with van der Waals surface area (Å²) in [5.41, 5.74) is 0.677. The number of pyridine rings is 1. The summed E-state index contributed by atoms with van der Waals surface area (Å²) in [6, 6.07) is 12.4. The Morgan fingerprint density at radius 2 is 1.88 bits per heavy atom. The zero-order chi connectivity index (χ0) is 17.5. The molecule has 0 fully saturated rings. The molecule has 0 aliphatic rings. The summed E-state index contributed by atoms with van der Waals surface area (Å²) in [6.45, 7) is 1.98. The summed E-state index contributed by atoms with van der Waals surface area (Å²) in [5.74, 6) is 1.09. The molecule has 0 radical (unpaired) electrons. The third kappa shape index (κ3) is 4.58. The lowest BCUT2D eigenvalue weighted by atomic mass is 10.1. The van der Waals surface area contributed by atoms with Gasteiger partial charge in [0.2, 0.25) is 5.88 Å². The van der Waals surface area contributed by atoms with Crippen molar-refractivity contribution in [3.05, 3.63) is 48.0 Å². The fourth-order valence-corrected chi connectivity index (χ4v) is 2.75. The molecule has 0 atom stereocenters. The van der Waals surface area contributed by atoms with Gasteiger partial charge in [0.1, 0.15) is 5.82 Å². The molecule has 24 heavy (non-hydrogen) atoms. The number of thioether (sulfide) groups is 1. The van der Waals surface area contributed by atoms with Crippen molar-refractivity contribution in [3.8, 4) is 5.88 Å². The van der Waals surface area contributed by atoms with Crippen LogP contribution in [0.5, 0.6) is 5.88 Å². The summed E-state index contributed by atoms with van der Waals surface area (Å²) in [7, 11) is 3.19. The summed E-state index contributed by atoms with van der Waals surface area (Å²) in [6.07, 6.45) is 1.36. The Morgan fingerprint density at radius 3 is 2.50 bits per heavy atom. The summed E-state index contributed by atoms with van der Waals surface area (Å²) >= 11 is 1.09. The zero-order valence-corrected chi connectivity index (χ0v) is 14.8. The predicted molar refractivity (Wildman–Crippen MR) is 96.1 cm³/mol. The van der Waals surface area contributed by atoms with E-state index in [1.54, 1.807) is 49.5 Å². The first-order chi connectivity index (χ1) is 11.5. The monoisotopic (exact) mass is 344 g/mol. The molecule has 1 amide bonds. The predicted octanol–water partition coefficient (Wildman–Crippen LogP) is 4.42. The minimum Gasteiger partial charge on any atom is -0.481 e. The molecule has 0 N–H and O–H groups in total. The maximum Gasteiger partial charge on any atom is 0.291 e. The van der Waals surface area contributed by atoms with Crippen LogP contribution in [0.4, 0.5) is 10.6 Å². The Bertz CT molecular complexity index is 716. The number of methoxy groups -OCH3 is 1. The zero-order valence-electron chi connectivity index (χ0n) is 14.0. The molecular weight excluding hydrogens is 324 g/mol. The third-order valence-electron chi connectivity index (χ3n) is 3.39. The number of hydrogen-bond acceptors (Lipinski definition) is 5. The lowest BCUT2D eigenvalue weighted by Gasteiger charge is -2.16. The molecule has 5 nitrogen and oxygen atoms in total. The highest BCUT2D eigenvalue weighted by Gasteiger charge is 2.15. The average molecular weight is 344 g/mol. The normalized spacial score (nSPS) is 10.3. The second-order valence-electron chi connectivity index (χ2n) is 5.16. The first kappa shape index (κ1) is 18.0. The van der Waals surface area contributed by atoms with Gasteiger partial charge in [-0.15, -0.1) is 0 Å². The molecular formula is C18H20N2O3S. The van der Waals surface area contributed by atoms with Gasteiger partial charge in [-0.05, 0) is 36.4 Å². The smallest absolute Gasteiger partial charge is 0.291 e. The molecule has 1 aromatic carbocycles. The van der Waals surface area contributed by atoms with E-state index in [1.165, 1.54) is 12.0 Å². The first-order valence-corrected chi connectivity index (χ1v) is 8.46. The van der Waals surface area contributed by atoms with E-state index in [-0.39, 0.29) is 11.0 Å². The highest BCUT2D eigenvalue weighted by atomic mass is 32.2. The molecule has 0 saturated heterocycles. The molecule has 126 valence electrons. The van der Waals surface area contributed by atoms with E-state index in [4.69, 9.17) is 4.74 Å². The van der Waals surface area contributed by atoms with Gasteiger partial charge in [0, 0.05) is 30.0 Å². The number of nitrogens with zero attached hydrogens (tertiary/aromatic N) is 2. The second-order valence-corrected chi connectivity index (χ2v) is 6.19. The lowest BCUT2D eigenvalue weighted by Crippen LogP contribution is -2.22. The van der Waals surface area contributed by atoms with E-state index in [2.05, 4.69) is 4.98 Å². The fourth-order valence-electron chi connectivity index (χ4n) is 2.05. The number of carbonyl (C=O) groups excluding carboxylic acids is 2. The Hall–Kier alpha value is -2.34. The summed E-state index contributed by atoms with van der Waals surface area (Å²) < 4.78 is 5.07. The average Bonchev–Trinajstić information content (AvgIpc) is 2.61. The molecule has 0 aliphatic carbocycles. The summed E-state index contributed by atoms with van der Waals surface area (Å²) in [5, 5.41) is -0.164. The van der Waals surface area contributed by atoms with E-state index >= 15 is 0 Å². The van der Waals surface area contributed by atoms with E-state index in [9.17, 15) is 9.59 Å². The van der Waals surface area contributed by atoms with Crippen molar-refractivity contribution >= 4 is 28.6 Å². The molecule has 6 heteroatoms. The number of benzene rings is 1. The Labute approximate surface area is 146 Å². The minimum atomic E-state index is -0.164. The van der Waals surface area contributed by atoms with Gasteiger partial charge < -0.3 is 4.74 Å². The fraction of sp³-hybridized carbons (Fsp3) is 0.278. The molecule has 0 unspecified atom stereocenters. The molecule has 0 spiro atoms. The standard InChI is InChI=1S/C18H20N2O3S/c1-4-6-15(21)13-9-11-14(12-10-13)24-18(22)20(2)16-7-5-8-17(19-16)23-3/h5,7-12H,4,6H2,1-3H3. The number of aromatic nitrogens is 1. The van der Waals surface area contributed by atoms with E-state index < -0.39 is 0 Å². The van der Waals surface area contributed by atoms with Gasteiger partial charge in [-0.1, -0.05) is 25.1 Å². The van der Waals surface area contributed by atoms with Crippen molar-refractivity contribution in [1.82, 2.24) is 4.98 Å². The number of anilines is 1. The molecule has 1 aromatic heterocycles. The lowest BCUT2D eigenvalue weighted by molar-refractivity contribution is 0.0981. The maximum atomic E-state index is 12.4. The van der Waals surface area contributed by atoms with Crippen molar-refractivity contribution in [2.45, 2.75) is 24.7 Å². The number of hydrogen-bond donors (Lipinski definition) is 0. The molecule has 1 heterocycles. The van der Waals surface area contributed by atoms with Gasteiger partial charge in [0.15, 0.2) is 5.78 Å². The van der Waals surface area contributed by atoms with E-state index in [0.717, 1.165) is 23.1 Å². The topological polar surface area (TPSA) is 59.5 Å². The van der Waals surface area contributed by atoms with Crippen LogP contribution >= 0.6 is 11.8 Å². The molecule has 2 rings (SSSR count). The van der Waals surface area contributed by atoms with Crippen molar-refractivity contribution < 1.29 is 14.3 Å².